The SMILES string of the molecule is CCC(CNS(C)(=O)=O)N1C(=O)[C@@](C)(CC(=O)O)CCC1c1ccc(Cl)cc1. The van der Waals surface area contributed by atoms with Gasteiger partial charge in [0.1, 0.15) is 0 Å². The molecule has 1 aliphatic rings. The maximum absolute atomic E-state index is 13.4. The molecule has 7 nitrogen and oxygen atoms in total. The van der Waals surface area contributed by atoms with Gasteiger partial charge in [0.25, 0.3) is 0 Å². The van der Waals surface area contributed by atoms with Crippen LogP contribution in [-0.2, 0) is 19.6 Å². The number of nitrogens with one attached hydrogen (secondary N) is 1. The molecule has 0 aliphatic carbocycles. The largest absolute Gasteiger partial charge is 0.481 e. The van der Waals surface area contributed by atoms with Crippen LogP contribution in [0.25, 0.3) is 0 Å². The van der Waals surface area contributed by atoms with Crippen LogP contribution in [0, 0.1) is 5.41 Å². The number of halogens is 1. The number of nitrogens with zero attached hydrogens (tertiary/aromatic N) is 1. The minimum atomic E-state index is -3.42. The molecular formula is C19H27ClN2O5S. The van der Waals surface area contributed by atoms with Gasteiger partial charge < -0.3 is 10.0 Å². The normalized spacial score (nSPS) is 24.2. The number of carboxylic acid groups (broad SMARTS) is 1. The van der Waals surface area contributed by atoms with E-state index >= 15 is 0 Å². The Morgan fingerprint density at radius 3 is 2.50 bits per heavy atom. The molecule has 1 aromatic carbocycles. The molecule has 0 spiro atoms. The van der Waals surface area contributed by atoms with E-state index in [1.807, 2.05) is 19.1 Å². The number of hydrogen-bond donors (Lipinski definition) is 2. The van der Waals surface area contributed by atoms with E-state index in [0.29, 0.717) is 24.3 Å². The molecule has 2 rings (SSSR count). The summed E-state index contributed by atoms with van der Waals surface area (Å²) in [5.74, 6) is -1.29. The summed E-state index contributed by atoms with van der Waals surface area (Å²) in [6, 6.07) is 6.54. The average Bonchev–Trinajstić information content (AvgIpc) is 2.58. The maximum Gasteiger partial charge on any atom is 0.304 e. The molecular weight excluding hydrogens is 404 g/mol. The first-order valence-corrected chi connectivity index (χ1v) is 11.5. The van der Waals surface area contributed by atoms with Crippen LogP contribution in [-0.4, -0.2) is 49.1 Å². The third-order valence-electron chi connectivity index (χ3n) is 5.30. The van der Waals surface area contributed by atoms with Gasteiger partial charge in [-0.2, -0.15) is 0 Å². The first-order chi connectivity index (χ1) is 13.0. The summed E-state index contributed by atoms with van der Waals surface area (Å²) in [4.78, 5) is 26.4. The number of carbonyl (C=O) groups is 2. The summed E-state index contributed by atoms with van der Waals surface area (Å²) in [6.07, 6.45) is 2.38. The predicted octanol–water partition coefficient (Wildman–Crippen LogP) is 2.81. The van der Waals surface area contributed by atoms with Gasteiger partial charge in [0.15, 0.2) is 0 Å². The van der Waals surface area contributed by atoms with Crippen molar-refractivity contribution in [3.63, 3.8) is 0 Å². The number of benzene rings is 1. The van der Waals surface area contributed by atoms with Crippen molar-refractivity contribution in [2.24, 2.45) is 5.41 Å². The van der Waals surface area contributed by atoms with Crippen LogP contribution in [0.4, 0.5) is 0 Å². The molecule has 28 heavy (non-hydrogen) atoms. The number of carbonyl (C=O) groups excluding carboxylic acids is 1. The van der Waals surface area contributed by atoms with Gasteiger partial charge in [-0.3, -0.25) is 9.59 Å². The minimum absolute atomic E-state index is 0.0777. The van der Waals surface area contributed by atoms with Crippen LogP contribution in [0.2, 0.25) is 5.02 Å². The lowest BCUT2D eigenvalue weighted by molar-refractivity contribution is -0.159. The third kappa shape index (κ3) is 5.46. The van der Waals surface area contributed by atoms with E-state index in [2.05, 4.69) is 4.72 Å². The number of sulfonamides is 1. The zero-order valence-corrected chi connectivity index (χ0v) is 17.9. The summed E-state index contributed by atoms with van der Waals surface area (Å²) < 4.78 is 25.6. The van der Waals surface area contributed by atoms with Crippen LogP contribution in [0.15, 0.2) is 24.3 Å². The van der Waals surface area contributed by atoms with E-state index < -0.39 is 27.4 Å². The molecule has 1 saturated heterocycles. The fraction of sp³-hybridized carbons (Fsp3) is 0.579. The molecule has 0 radical (unpaired) electrons. The lowest BCUT2D eigenvalue weighted by Gasteiger charge is -2.47. The Morgan fingerprint density at radius 2 is 2.00 bits per heavy atom. The quantitative estimate of drug-likeness (QED) is 0.659. The standard InChI is InChI=1S/C19H27ClN2O5S/c1-4-15(12-21-28(3,26)27)22-16(13-5-7-14(20)8-6-13)9-10-19(2,18(22)25)11-17(23)24/h5-8,15-16,21H,4,9-12H2,1-3H3,(H,23,24)/t15?,16?,19-/m1/s1. The third-order valence-corrected chi connectivity index (χ3v) is 6.24. The zero-order valence-electron chi connectivity index (χ0n) is 16.3. The van der Waals surface area contributed by atoms with Gasteiger partial charge >= 0.3 is 5.97 Å². The maximum atomic E-state index is 13.4. The first-order valence-electron chi connectivity index (χ1n) is 9.21. The second kappa shape index (κ2) is 8.80. The van der Waals surface area contributed by atoms with E-state index in [1.54, 1.807) is 24.0 Å². The van der Waals surface area contributed by atoms with Gasteiger partial charge in [0.05, 0.1) is 24.1 Å². The van der Waals surface area contributed by atoms with Gasteiger partial charge in [-0.15, -0.1) is 0 Å². The number of hydrogen-bond acceptors (Lipinski definition) is 4. The molecule has 0 saturated carbocycles. The van der Waals surface area contributed by atoms with E-state index in [4.69, 9.17) is 11.6 Å². The lowest BCUT2D eigenvalue weighted by atomic mass is 9.74. The van der Waals surface area contributed by atoms with Crippen molar-refractivity contribution in [3.05, 3.63) is 34.9 Å². The molecule has 1 heterocycles. The Labute approximate surface area is 171 Å². The monoisotopic (exact) mass is 430 g/mol. The predicted molar refractivity (Wildman–Crippen MR) is 108 cm³/mol. The summed E-state index contributed by atoms with van der Waals surface area (Å²) in [5.41, 5.74) is -0.124. The van der Waals surface area contributed by atoms with E-state index in [9.17, 15) is 23.1 Å². The number of rotatable bonds is 8. The summed E-state index contributed by atoms with van der Waals surface area (Å²) in [5, 5.41) is 9.86. The molecule has 2 unspecified atom stereocenters. The van der Waals surface area contributed by atoms with Crippen LogP contribution in [0.3, 0.4) is 0 Å². The molecule has 2 N–H and O–H groups in total. The second-order valence-corrected chi connectivity index (χ2v) is 9.90. The zero-order chi connectivity index (χ0) is 21.1. The lowest BCUT2D eigenvalue weighted by Crippen LogP contribution is -2.56. The highest BCUT2D eigenvalue weighted by Gasteiger charge is 2.47. The first kappa shape index (κ1) is 22.6. The van der Waals surface area contributed by atoms with Crippen LogP contribution < -0.4 is 4.72 Å². The molecule has 9 heteroatoms. The molecule has 1 aromatic rings. The molecule has 1 aliphatic heterocycles. The number of piperidine rings is 1. The van der Waals surface area contributed by atoms with Gasteiger partial charge in [-0.05, 0) is 37.0 Å². The van der Waals surface area contributed by atoms with Crippen molar-refractivity contribution in [3.8, 4) is 0 Å². The Kier molecular flexibility index (Phi) is 7.12. The second-order valence-electron chi connectivity index (χ2n) is 7.63. The Balaban J connectivity index is 2.42. The molecule has 1 amide bonds. The van der Waals surface area contributed by atoms with Crippen LogP contribution in [0.5, 0.6) is 0 Å². The molecule has 3 atom stereocenters. The van der Waals surface area contributed by atoms with Gasteiger partial charge in [0, 0.05) is 17.6 Å². The topological polar surface area (TPSA) is 104 Å². The van der Waals surface area contributed by atoms with Gasteiger partial charge in [0.2, 0.25) is 15.9 Å². The van der Waals surface area contributed by atoms with Crippen molar-refractivity contribution in [1.29, 1.82) is 0 Å². The van der Waals surface area contributed by atoms with Crippen LogP contribution in [0.1, 0.15) is 51.1 Å². The number of amides is 1. The summed E-state index contributed by atoms with van der Waals surface area (Å²) in [7, 11) is -3.42. The summed E-state index contributed by atoms with van der Waals surface area (Å²) >= 11 is 5.99. The highest BCUT2D eigenvalue weighted by atomic mass is 35.5. The Hall–Kier alpha value is -1.64. The smallest absolute Gasteiger partial charge is 0.304 e. The molecule has 0 bridgehead atoms. The summed E-state index contributed by atoms with van der Waals surface area (Å²) in [6.45, 7) is 3.63. The Bertz CT molecular complexity index is 827. The van der Waals surface area contributed by atoms with Crippen molar-refractivity contribution in [2.75, 3.05) is 12.8 Å². The molecule has 0 aromatic heterocycles. The Morgan fingerprint density at radius 1 is 1.39 bits per heavy atom. The van der Waals surface area contributed by atoms with Crippen molar-refractivity contribution < 1.29 is 23.1 Å². The van der Waals surface area contributed by atoms with Crippen molar-refractivity contribution in [1.82, 2.24) is 9.62 Å². The highest BCUT2D eigenvalue weighted by molar-refractivity contribution is 7.88. The number of carboxylic acids is 1. The van der Waals surface area contributed by atoms with E-state index in [0.717, 1.165) is 11.8 Å². The fourth-order valence-corrected chi connectivity index (χ4v) is 4.39. The van der Waals surface area contributed by atoms with Gasteiger partial charge in [-0.1, -0.05) is 37.6 Å². The fourth-order valence-electron chi connectivity index (χ4n) is 3.77. The van der Waals surface area contributed by atoms with E-state index in [-0.39, 0.29) is 24.9 Å². The molecule has 156 valence electrons. The van der Waals surface area contributed by atoms with Gasteiger partial charge in [-0.25, -0.2) is 13.1 Å². The average molecular weight is 431 g/mol. The van der Waals surface area contributed by atoms with Crippen LogP contribution >= 0.6 is 11.6 Å². The molecule has 1 fully saturated rings. The highest BCUT2D eigenvalue weighted by Crippen LogP contribution is 2.44. The van der Waals surface area contributed by atoms with Crippen molar-refractivity contribution in [2.45, 2.75) is 51.6 Å². The number of likely N-dealkylation sites (tertiary alicyclic amines) is 1. The van der Waals surface area contributed by atoms with Crippen molar-refractivity contribution >= 4 is 33.5 Å². The minimum Gasteiger partial charge on any atom is -0.481 e. The number of aliphatic carboxylic acids is 1. The van der Waals surface area contributed by atoms with E-state index in [1.165, 1.54) is 0 Å².